The van der Waals surface area contributed by atoms with Gasteiger partial charge in [0.05, 0.1) is 37.3 Å². The second-order valence-corrected chi connectivity index (χ2v) is 9.01. The van der Waals surface area contributed by atoms with Crippen LogP contribution in [-0.2, 0) is 20.3 Å². The molecule has 0 spiro atoms. The fourth-order valence-electron chi connectivity index (χ4n) is 5.02. The number of nitrogens with zero attached hydrogens (tertiary/aromatic N) is 2. The quantitative estimate of drug-likeness (QED) is 0.678. The van der Waals surface area contributed by atoms with Gasteiger partial charge in [-0.15, -0.1) is 0 Å². The standard InChI is InChI=1S/C23H24N2O5/c26-21(29-19-17(3-1-9-24-19)22(11-27-12-22)15-5-6-15)30-20-18(4-2-10-25-20)23(13-28-14-23)16-7-8-16/h1-4,9-10,15-16H,5-8,11-14H2. The number of carbonyl (C=O) groups excluding carboxylic acids is 1. The van der Waals surface area contributed by atoms with E-state index in [2.05, 4.69) is 9.97 Å². The van der Waals surface area contributed by atoms with Crippen molar-refractivity contribution in [2.24, 2.45) is 11.8 Å². The Hall–Kier alpha value is -2.51. The molecule has 4 heterocycles. The molecule has 0 atom stereocenters. The number of hydrogen-bond acceptors (Lipinski definition) is 7. The summed E-state index contributed by atoms with van der Waals surface area (Å²) in [5.74, 6) is 1.74. The minimum atomic E-state index is -0.813. The highest BCUT2D eigenvalue weighted by Gasteiger charge is 2.54. The summed E-state index contributed by atoms with van der Waals surface area (Å²) < 4.78 is 22.3. The van der Waals surface area contributed by atoms with Crippen molar-refractivity contribution >= 4 is 6.16 Å². The molecule has 0 aromatic carbocycles. The van der Waals surface area contributed by atoms with Crippen molar-refractivity contribution in [2.45, 2.75) is 36.5 Å². The number of pyridine rings is 2. The highest BCUT2D eigenvalue weighted by Crippen LogP contribution is 2.54. The summed E-state index contributed by atoms with van der Waals surface area (Å²) in [6, 6.07) is 7.72. The van der Waals surface area contributed by atoms with E-state index in [0.29, 0.717) is 50.0 Å². The van der Waals surface area contributed by atoms with Gasteiger partial charge in [-0.3, -0.25) is 0 Å². The molecular formula is C23H24N2O5. The first kappa shape index (κ1) is 18.3. The van der Waals surface area contributed by atoms with Gasteiger partial charge in [-0.05, 0) is 49.7 Å². The monoisotopic (exact) mass is 408 g/mol. The molecule has 30 heavy (non-hydrogen) atoms. The molecule has 0 N–H and O–H groups in total. The molecule has 0 radical (unpaired) electrons. The molecule has 2 saturated carbocycles. The predicted octanol–water partition coefficient (Wildman–Crippen LogP) is 3.41. The molecule has 2 aliphatic carbocycles. The summed E-state index contributed by atoms with van der Waals surface area (Å²) in [4.78, 5) is 21.4. The molecule has 2 aromatic heterocycles. The molecule has 7 nitrogen and oxygen atoms in total. The Kier molecular flexibility index (Phi) is 4.11. The predicted molar refractivity (Wildman–Crippen MR) is 106 cm³/mol. The molecule has 4 aliphatic rings. The van der Waals surface area contributed by atoms with Gasteiger partial charge < -0.3 is 18.9 Å². The molecule has 2 aliphatic heterocycles. The zero-order valence-electron chi connectivity index (χ0n) is 16.7. The second kappa shape index (κ2) is 6.75. The fraction of sp³-hybridized carbons (Fsp3) is 0.522. The maximum atomic E-state index is 12.7. The summed E-state index contributed by atoms with van der Waals surface area (Å²) in [5.41, 5.74) is 1.66. The lowest BCUT2D eigenvalue weighted by molar-refractivity contribution is -0.0736. The minimum absolute atomic E-state index is 0.0979. The van der Waals surface area contributed by atoms with Crippen molar-refractivity contribution < 1.29 is 23.7 Å². The molecule has 2 aromatic rings. The van der Waals surface area contributed by atoms with Gasteiger partial charge in [0.2, 0.25) is 11.8 Å². The SMILES string of the molecule is O=C(Oc1ncccc1C1(C2CC2)COC1)Oc1ncccc1C1(C2CC2)COC1. The van der Waals surface area contributed by atoms with Gasteiger partial charge in [0.25, 0.3) is 0 Å². The van der Waals surface area contributed by atoms with Gasteiger partial charge in [0, 0.05) is 23.5 Å². The number of carbonyl (C=O) groups is 1. The van der Waals surface area contributed by atoms with Crippen molar-refractivity contribution in [2.75, 3.05) is 26.4 Å². The van der Waals surface area contributed by atoms with Gasteiger partial charge in [-0.1, -0.05) is 12.1 Å². The first-order valence-corrected chi connectivity index (χ1v) is 10.7. The smallest absolute Gasteiger partial charge is 0.379 e. The maximum absolute atomic E-state index is 12.7. The molecule has 6 rings (SSSR count). The third-order valence-electron chi connectivity index (χ3n) is 7.13. The zero-order valence-corrected chi connectivity index (χ0v) is 16.7. The highest BCUT2D eigenvalue weighted by atomic mass is 16.7. The van der Waals surface area contributed by atoms with Crippen molar-refractivity contribution in [3.8, 4) is 11.8 Å². The van der Waals surface area contributed by atoms with E-state index in [4.69, 9.17) is 18.9 Å². The lowest BCUT2D eigenvalue weighted by Gasteiger charge is -2.42. The number of aromatic nitrogens is 2. The van der Waals surface area contributed by atoms with Gasteiger partial charge in [-0.2, -0.15) is 0 Å². The van der Waals surface area contributed by atoms with Crippen molar-refractivity contribution in [3.63, 3.8) is 0 Å². The molecule has 156 valence electrons. The van der Waals surface area contributed by atoms with Crippen LogP contribution in [0.2, 0.25) is 0 Å². The summed E-state index contributed by atoms with van der Waals surface area (Å²) >= 11 is 0. The molecular weight excluding hydrogens is 384 g/mol. The lowest BCUT2D eigenvalue weighted by Crippen LogP contribution is -2.49. The largest absolute Gasteiger partial charge is 0.522 e. The molecule has 7 heteroatoms. The van der Waals surface area contributed by atoms with E-state index in [1.54, 1.807) is 12.4 Å². The normalized spacial score (nSPS) is 23.7. The van der Waals surface area contributed by atoms with E-state index >= 15 is 0 Å². The Balaban J connectivity index is 1.24. The Morgan fingerprint density at radius 3 is 1.57 bits per heavy atom. The molecule has 4 fully saturated rings. The van der Waals surface area contributed by atoms with Gasteiger partial charge in [0.1, 0.15) is 0 Å². The number of rotatable bonds is 6. The second-order valence-electron chi connectivity index (χ2n) is 9.01. The van der Waals surface area contributed by atoms with Crippen LogP contribution in [0.5, 0.6) is 11.8 Å². The molecule has 0 bridgehead atoms. The first-order valence-electron chi connectivity index (χ1n) is 10.7. The van der Waals surface area contributed by atoms with Crippen LogP contribution in [0.3, 0.4) is 0 Å². The van der Waals surface area contributed by atoms with E-state index in [-0.39, 0.29) is 10.8 Å². The summed E-state index contributed by atoms with van der Waals surface area (Å²) in [6.07, 6.45) is 7.14. The van der Waals surface area contributed by atoms with Crippen LogP contribution in [0.15, 0.2) is 36.7 Å². The summed E-state index contributed by atoms with van der Waals surface area (Å²) in [6.45, 7) is 2.57. The highest BCUT2D eigenvalue weighted by molar-refractivity contribution is 5.67. The zero-order chi connectivity index (χ0) is 20.2. The molecule has 2 saturated heterocycles. The topological polar surface area (TPSA) is 79.8 Å². The fourth-order valence-corrected chi connectivity index (χ4v) is 5.02. The Labute approximate surface area is 174 Å². The van der Waals surface area contributed by atoms with Crippen molar-refractivity contribution in [1.82, 2.24) is 9.97 Å². The Morgan fingerprint density at radius 2 is 1.23 bits per heavy atom. The van der Waals surface area contributed by atoms with Crippen molar-refractivity contribution in [1.29, 1.82) is 0 Å². The third kappa shape index (κ3) is 2.83. The average molecular weight is 408 g/mol. The van der Waals surface area contributed by atoms with E-state index in [1.165, 1.54) is 25.7 Å². The minimum Gasteiger partial charge on any atom is -0.379 e. The van der Waals surface area contributed by atoms with Crippen LogP contribution >= 0.6 is 0 Å². The van der Waals surface area contributed by atoms with Crippen LogP contribution < -0.4 is 9.47 Å². The van der Waals surface area contributed by atoms with E-state index in [0.717, 1.165) is 11.1 Å². The van der Waals surface area contributed by atoms with Crippen LogP contribution in [-0.4, -0.2) is 42.6 Å². The lowest BCUT2D eigenvalue weighted by atomic mass is 9.74. The Bertz CT molecular complexity index is 900. The van der Waals surface area contributed by atoms with Crippen LogP contribution in [0.1, 0.15) is 36.8 Å². The van der Waals surface area contributed by atoms with Crippen LogP contribution in [0.4, 0.5) is 4.79 Å². The van der Waals surface area contributed by atoms with Gasteiger partial charge in [0.15, 0.2) is 0 Å². The van der Waals surface area contributed by atoms with Gasteiger partial charge >= 0.3 is 6.16 Å². The van der Waals surface area contributed by atoms with Crippen molar-refractivity contribution in [3.05, 3.63) is 47.8 Å². The van der Waals surface area contributed by atoms with Gasteiger partial charge in [-0.25, -0.2) is 14.8 Å². The maximum Gasteiger partial charge on any atom is 0.522 e. The number of ether oxygens (including phenoxy) is 4. The summed E-state index contributed by atoms with van der Waals surface area (Å²) in [5, 5.41) is 0. The van der Waals surface area contributed by atoms with E-state index in [1.807, 2.05) is 24.3 Å². The molecule has 0 unspecified atom stereocenters. The number of hydrogen-bond donors (Lipinski definition) is 0. The van der Waals surface area contributed by atoms with Crippen LogP contribution in [0, 0.1) is 11.8 Å². The first-order chi connectivity index (χ1) is 14.7. The Morgan fingerprint density at radius 1 is 0.800 bits per heavy atom. The van der Waals surface area contributed by atoms with E-state index < -0.39 is 6.16 Å². The summed E-state index contributed by atoms with van der Waals surface area (Å²) in [7, 11) is 0. The average Bonchev–Trinajstić information content (AvgIpc) is 3.57. The third-order valence-corrected chi connectivity index (χ3v) is 7.13. The van der Waals surface area contributed by atoms with E-state index in [9.17, 15) is 4.79 Å². The molecule has 0 amide bonds. The van der Waals surface area contributed by atoms with Crippen LogP contribution in [0.25, 0.3) is 0 Å².